The fraction of sp³-hybridized carbons (Fsp3) is 0.529. The SMILES string of the molecule is CN1C(=O)CCc2cc(C(=O)NCC3CCCC3O)ccc21. The molecule has 0 bridgehead atoms. The number of nitrogens with zero attached hydrogens (tertiary/aromatic N) is 1. The second-order valence-electron chi connectivity index (χ2n) is 6.26. The molecule has 2 atom stereocenters. The second kappa shape index (κ2) is 6.08. The Morgan fingerprint density at radius 1 is 1.36 bits per heavy atom. The molecule has 1 aromatic rings. The first-order valence-corrected chi connectivity index (χ1v) is 7.92. The Balaban J connectivity index is 1.67. The fourth-order valence-corrected chi connectivity index (χ4v) is 3.38. The minimum absolute atomic E-state index is 0.110. The molecule has 1 saturated carbocycles. The fourth-order valence-electron chi connectivity index (χ4n) is 3.38. The van der Waals surface area contributed by atoms with Gasteiger partial charge < -0.3 is 15.3 Å². The third-order valence-electron chi connectivity index (χ3n) is 4.83. The highest BCUT2D eigenvalue weighted by molar-refractivity contribution is 5.98. The lowest BCUT2D eigenvalue weighted by atomic mass is 9.98. The number of aryl methyl sites for hydroxylation is 1. The van der Waals surface area contributed by atoms with Gasteiger partial charge >= 0.3 is 0 Å². The molecule has 2 amide bonds. The van der Waals surface area contributed by atoms with E-state index in [0.717, 1.165) is 30.5 Å². The zero-order valence-electron chi connectivity index (χ0n) is 12.8. The summed E-state index contributed by atoms with van der Waals surface area (Å²) in [6.07, 6.45) is 3.71. The molecule has 2 unspecified atom stereocenters. The van der Waals surface area contributed by atoms with E-state index in [1.165, 1.54) is 0 Å². The van der Waals surface area contributed by atoms with Crippen molar-refractivity contribution < 1.29 is 14.7 Å². The molecule has 1 aliphatic heterocycles. The van der Waals surface area contributed by atoms with Crippen LogP contribution in [0.2, 0.25) is 0 Å². The van der Waals surface area contributed by atoms with Crippen molar-refractivity contribution >= 4 is 17.5 Å². The smallest absolute Gasteiger partial charge is 0.251 e. The molecule has 0 saturated heterocycles. The van der Waals surface area contributed by atoms with E-state index in [-0.39, 0.29) is 23.8 Å². The van der Waals surface area contributed by atoms with E-state index in [0.29, 0.717) is 24.9 Å². The van der Waals surface area contributed by atoms with E-state index in [4.69, 9.17) is 0 Å². The van der Waals surface area contributed by atoms with Crippen molar-refractivity contribution in [2.24, 2.45) is 5.92 Å². The first-order valence-electron chi connectivity index (χ1n) is 7.92. The summed E-state index contributed by atoms with van der Waals surface area (Å²) in [5, 5.41) is 12.7. The van der Waals surface area contributed by atoms with Crippen molar-refractivity contribution in [2.45, 2.75) is 38.2 Å². The van der Waals surface area contributed by atoms with Crippen molar-refractivity contribution in [1.82, 2.24) is 5.32 Å². The number of aliphatic hydroxyl groups excluding tert-OH is 1. The first kappa shape index (κ1) is 15.0. The van der Waals surface area contributed by atoms with Crippen LogP contribution in [0.3, 0.4) is 0 Å². The predicted molar refractivity (Wildman–Crippen MR) is 83.9 cm³/mol. The van der Waals surface area contributed by atoms with Gasteiger partial charge in [0.1, 0.15) is 0 Å². The van der Waals surface area contributed by atoms with Gasteiger partial charge in [-0.2, -0.15) is 0 Å². The molecule has 0 aromatic heterocycles. The molecule has 3 rings (SSSR count). The van der Waals surface area contributed by atoms with E-state index in [2.05, 4.69) is 5.32 Å². The van der Waals surface area contributed by atoms with Gasteiger partial charge in [-0.3, -0.25) is 9.59 Å². The lowest BCUT2D eigenvalue weighted by Crippen LogP contribution is -2.33. The average molecular weight is 302 g/mol. The molecule has 2 N–H and O–H groups in total. The van der Waals surface area contributed by atoms with E-state index < -0.39 is 0 Å². The van der Waals surface area contributed by atoms with E-state index in [9.17, 15) is 14.7 Å². The Morgan fingerprint density at radius 3 is 2.91 bits per heavy atom. The summed E-state index contributed by atoms with van der Waals surface area (Å²) in [4.78, 5) is 25.6. The topological polar surface area (TPSA) is 69.6 Å². The van der Waals surface area contributed by atoms with Crippen LogP contribution in [0.5, 0.6) is 0 Å². The van der Waals surface area contributed by atoms with Gasteiger partial charge in [-0.1, -0.05) is 6.42 Å². The van der Waals surface area contributed by atoms with Crippen LogP contribution in [0.1, 0.15) is 41.6 Å². The minimum atomic E-state index is -0.288. The summed E-state index contributed by atoms with van der Waals surface area (Å²) in [5.74, 6) is 0.173. The number of amides is 2. The van der Waals surface area contributed by atoms with Crippen molar-refractivity contribution in [3.05, 3.63) is 29.3 Å². The Morgan fingerprint density at radius 2 is 2.18 bits per heavy atom. The molecule has 1 aliphatic carbocycles. The predicted octanol–water partition coefficient (Wildman–Crippen LogP) is 1.49. The molecule has 1 fully saturated rings. The number of carbonyl (C=O) groups excluding carboxylic acids is 2. The van der Waals surface area contributed by atoms with Crippen LogP contribution in [0.4, 0.5) is 5.69 Å². The number of rotatable bonds is 3. The van der Waals surface area contributed by atoms with Gasteiger partial charge in [0.05, 0.1) is 6.10 Å². The maximum atomic E-state index is 12.3. The highest BCUT2D eigenvalue weighted by atomic mass is 16.3. The number of aliphatic hydroxyl groups is 1. The number of fused-ring (bicyclic) bond motifs is 1. The summed E-state index contributed by atoms with van der Waals surface area (Å²) in [5.41, 5.74) is 2.55. The lowest BCUT2D eigenvalue weighted by Gasteiger charge is -2.26. The van der Waals surface area contributed by atoms with E-state index in [1.54, 1.807) is 18.0 Å². The summed E-state index contributed by atoms with van der Waals surface area (Å²) in [7, 11) is 1.77. The Bertz CT molecular complexity index is 600. The van der Waals surface area contributed by atoms with Gasteiger partial charge in [0.2, 0.25) is 5.91 Å². The van der Waals surface area contributed by atoms with E-state index >= 15 is 0 Å². The summed E-state index contributed by atoms with van der Waals surface area (Å²) >= 11 is 0. The largest absolute Gasteiger partial charge is 0.393 e. The Labute approximate surface area is 130 Å². The molecule has 1 aromatic carbocycles. The Hall–Kier alpha value is -1.88. The summed E-state index contributed by atoms with van der Waals surface area (Å²) < 4.78 is 0. The standard InChI is InChI=1S/C17H22N2O3/c1-19-14-7-5-12(9-11(14)6-8-16(19)21)17(22)18-10-13-3-2-4-15(13)20/h5,7,9,13,15,20H,2-4,6,8,10H2,1H3,(H,18,22). The maximum Gasteiger partial charge on any atom is 0.251 e. The van der Waals surface area contributed by atoms with Crippen molar-refractivity contribution in [3.8, 4) is 0 Å². The van der Waals surface area contributed by atoms with Gasteiger partial charge in [-0.25, -0.2) is 0 Å². The lowest BCUT2D eigenvalue weighted by molar-refractivity contribution is -0.118. The number of hydrogen-bond acceptors (Lipinski definition) is 3. The Kier molecular flexibility index (Phi) is 4.16. The quantitative estimate of drug-likeness (QED) is 0.888. The van der Waals surface area contributed by atoms with Gasteiger partial charge in [0.25, 0.3) is 5.91 Å². The molecule has 22 heavy (non-hydrogen) atoms. The first-order chi connectivity index (χ1) is 10.6. The van der Waals surface area contributed by atoms with Crippen molar-refractivity contribution in [3.63, 3.8) is 0 Å². The third-order valence-corrected chi connectivity index (χ3v) is 4.83. The maximum absolute atomic E-state index is 12.3. The number of anilines is 1. The van der Waals surface area contributed by atoms with Crippen molar-refractivity contribution in [1.29, 1.82) is 0 Å². The normalized spacial score (nSPS) is 24.3. The molecule has 5 nitrogen and oxygen atoms in total. The molecule has 0 radical (unpaired) electrons. The number of hydrogen-bond donors (Lipinski definition) is 2. The minimum Gasteiger partial charge on any atom is -0.393 e. The van der Waals surface area contributed by atoms with Crippen LogP contribution in [-0.4, -0.2) is 36.6 Å². The summed E-state index contributed by atoms with van der Waals surface area (Å²) in [6.45, 7) is 0.523. The van der Waals surface area contributed by atoms with Gasteiger partial charge in [-0.05, 0) is 43.0 Å². The van der Waals surface area contributed by atoms with Crippen LogP contribution in [-0.2, 0) is 11.2 Å². The third kappa shape index (κ3) is 2.86. The number of carbonyl (C=O) groups is 2. The van der Waals surface area contributed by atoms with Crippen LogP contribution >= 0.6 is 0 Å². The zero-order chi connectivity index (χ0) is 15.7. The molecule has 0 spiro atoms. The van der Waals surface area contributed by atoms with Crippen LogP contribution in [0.15, 0.2) is 18.2 Å². The van der Waals surface area contributed by atoms with Gasteiger partial charge in [-0.15, -0.1) is 0 Å². The van der Waals surface area contributed by atoms with Crippen molar-refractivity contribution in [2.75, 3.05) is 18.5 Å². The van der Waals surface area contributed by atoms with Gasteiger partial charge in [0.15, 0.2) is 0 Å². The molecule has 5 heteroatoms. The van der Waals surface area contributed by atoms with Crippen LogP contribution in [0, 0.1) is 5.92 Å². The molecule has 118 valence electrons. The molecule has 2 aliphatic rings. The molecular formula is C17H22N2O3. The number of nitrogens with one attached hydrogen (secondary N) is 1. The number of benzene rings is 1. The van der Waals surface area contributed by atoms with E-state index in [1.807, 2.05) is 12.1 Å². The summed E-state index contributed by atoms with van der Waals surface area (Å²) in [6, 6.07) is 5.47. The molecule has 1 heterocycles. The van der Waals surface area contributed by atoms with Crippen LogP contribution in [0.25, 0.3) is 0 Å². The van der Waals surface area contributed by atoms with Gasteiger partial charge in [0, 0.05) is 37.2 Å². The highest BCUT2D eigenvalue weighted by Crippen LogP contribution is 2.28. The highest BCUT2D eigenvalue weighted by Gasteiger charge is 2.26. The molecular weight excluding hydrogens is 280 g/mol. The monoisotopic (exact) mass is 302 g/mol. The second-order valence-corrected chi connectivity index (χ2v) is 6.26. The average Bonchev–Trinajstić information content (AvgIpc) is 2.93. The zero-order valence-corrected chi connectivity index (χ0v) is 12.8. The van der Waals surface area contributed by atoms with Crippen LogP contribution < -0.4 is 10.2 Å².